The molecule has 0 fully saturated rings. The first-order valence-corrected chi connectivity index (χ1v) is 9.48. The standard InChI is InChI=1S/C18H13Cl3O3S/c1-2-13(18(22)23)24-14-7-11-12(9-3-5-10(19)6-4-9)8-25-17(11)16(21)15(14)20/h3-8,13H,2H2,1H3,(H,22,23). The Morgan fingerprint density at radius 2 is 1.88 bits per heavy atom. The molecular formula is C18H13Cl3O3S. The number of benzene rings is 2. The molecule has 25 heavy (non-hydrogen) atoms. The van der Waals surface area contributed by atoms with Crippen LogP contribution < -0.4 is 4.74 Å². The number of ether oxygens (including phenoxy) is 1. The van der Waals surface area contributed by atoms with Crippen LogP contribution in [0.3, 0.4) is 0 Å². The van der Waals surface area contributed by atoms with E-state index < -0.39 is 12.1 Å². The van der Waals surface area contributed by atoms with Gasteiger partial charge < -0.3 is 9.84 Å². The molecule has 0 radical (unpaired) electrons. The predicted octanol–water partition coefficient (Wildman–Crippen LogP) is 6.77. The molecule has 7 heteroatoms. The molecule has 3 aromatic rings. The van der Waals surface area contributed by atoms with E-state index in [9.17, 15) is 9.90 Å². The monoisotopic (exact) mass is 414 g/mol. The van der Waals surface area contributed by atoms with Crippen molar-refractivity contribution in [1.29, 1.82) is 0 Å². The molecule has 1 unspecified atom stereocenters. The van der Waals surface area contributed by atoms with E-state index in [-0.39, 0.29) is 10.8 Å². The van der Waals surface area contributed by atoms with Gasteiger partial charge in [-0.1, -0.05) is 53.9 Å². The fourth-order valence-corrected chi connectivity index (χ4v) is 4.19. The van der Waals surface area contributed by atoms with Gasteiger partial charge in [0.1, 0.15) is 10.8 Å². The van der Waals surface area contributed by atoms with Gasteiger partial charge in [0.25, 0.3) is 0 Å². The van der Waals surface area contributed by atoms with E-state index in [4.69, 9.17) is 39.5 Å². The maximum Gasteiger partial charge on any atom is 0.344 e. The van der Waals surface area contributed by atoms with Crippen LogP contribution in [0.25, 0.3) is 21.2 Å². The van der Waals surface area contributed by atoms with Gasteiger partial charge in [-0.05, 0) is 35.6 Å². The number of carboxylic acids is 1. The van der Waals surface area contributed by atoms with Crippen molar-refractivity contribution >= 4 is 62.2 Å². The third kappa shape index (κ3) is 3.58. The van der Waals surface area contributed by atoms with Crippen molar-refractivity contribution in [1.82, 2.24) is 0 Å². The second kappa shape index (κ2) is 7.42. The average molecular weight is 416 g/mol. The molecule has 1 atom stereocenters. The fraction of sp³-hybridized carbons (Fsp3) is 0.167. The molecule has 0 saturated carbocycles. The van der Waals surface area contributed by atoms with Crippen LogP contribution in [0.4, 0.5) is 0 Å². The minimum Gasteiger partial charge on any atom is -0.479 e. The largest absolute Gasteiger partial charge is 0.479 e. The predicted molar refractivity (Wildman–Crippen MR) is 105 cm³/mol. The Morgan fingerprint density at radius 1 is 1.20 bits per heavy atom. The Kier molecular flexibility index (Phi) is 5.44. The number of aliphatic carboxylic acids is 1. The molecule has 1 aromatic heterocycles. The number of carboxylic acid groups (broad SMARTS) is 1. The van der Waals surface area contributed by atoms with Gasteiger partial charge in [-0.3, -0.25) is 0 Å². The smallest absolute Gasteiger partial charge is 0.344 e. The van der Waals surface area contributed by atoms with Gasteiger partial charge in [-0.15, -0.1) is 11.3 Å². The molecule has 2 aromatic carbocycles. The highest BCUT2D eigenvalue weighted by Crippen LogP contribution is 2.45. The summed E-state index contributed by atoms with van der Waals surface area (Å²) in [4.78, 5) is 11.3. The highest BCUT2D eigenvalue weighted by Gasteiger charge is 2.22. The zero-order valence-corrected chi connectivity index (χ0v) is 16.1. The lowest BCUT2D eigenvalue weighted by molar-refractivity contribution is -0.145. The maximum absolute atomic E-state index is 11.3. The highest BCUT2D eigenvalue weighted by molar-refractivity contribution is 7.18. The van der Waals surface area contributed by atoms with Crippen molar-refractivity contribution in [3.05, 3.63) is 50.8 Å². The van der Waals surface area contributed by atoms with Gasteiger partial charge in [0.15, 0.2) is 6.10 Å². The van der Waals surface area contributed by atoms with Crippen molar-refractivity contribution in [3.63, 3.8) is 0 Å². The summed E-state index contributed by atoms with van der Waals surface area (Å²) in [6, 6.07) is 9.20. The van der Waals surface area contributed by atoms with E-state index in [0.717, 1.165) is 21.2 Å². The molecular weight excluding hydrogens is 403 g/mol. The van der Waals surface area contributed by atoms with Crippen LogP contribution in [0.2, 0.25) is 15.1 Å². The lowest BCUT2D eigenvalue weighted by Gasteiger charge is -2.15. The van der Waals surface area contributed by atoms with Gasteiger partial charge in [0.05, 0.1) is 9.72 Å². The van der Waals surface area contributed by atoms with E-state index in [2.05, 4.69) is 0 Å². The number of halogens is 3. The molecule has 0 saturated heterocycles. The van der Waals surface area contributed by atoms with E-state index in [1.165, 1.54) is 11.3 Å². The van der Waals surface area contributed by atoms with Gasteiger partial charge in [0.2, 0.25) is 0 Å². The van der Waals surface area contributed by atoms with Crippen molar-refractivity contribution in [2.75, 3.05) is 0 Å². The first-order valence-electron chi connectivity index (χ1n) is 7.47. The maximum atomic E-state index is 11.3. The number of hydrogen-bond donors (Lipinski definition) is 1. The number of hydrogen-bond acceptors (Lipinski definition) is 3. The molecule has 1 heterocycles. The van der Waals surface area contributed by atoms with Gasteiger partial charge in [-0.2, -0.15) is 0 Å². The van der Waals surface area contributed by atoms with Gasteiger partial charge in [0, 0.05) is 16.0 Å². The van der Waals surface area contributed by atoms with Gasteiger partial charge >= 0.3 is 5.97 Å². The molecule has 0 aliphatic heterocycles. The Hall–Kier alpha value is -1.46. The normalized spacial score (nSPS) is 12.3. The second-order valence-electron chi connectivity index (χ2n) is 5.39. The minimum atomic E-state index is -1.04. The van der Waals surface area contributed by atoms with Crippen LogP contribution in [0, 0.1) is 0 Å². The summed E-state index contributed by atoms with van der Waals surface area (Å²) in [5.41, 5.74) is 1.94. The fourth-order valence-electron chi connectivity index (χ4n) is 2.48. The Labute approximate surface area is 163 Å². The summed E-state index contributed by atoms with van der Waals surface area (Å²) in [7, 11) is 0. The Balaban J connectivity index is 2.13. The van der Waals surface area contributed by atoms with E-state index in [0.29, 0.717) is 16.5 Å². The topological polar surface area (TPSA) is 46.5 Å². The third-order valence-corrected chi connectivity index (χ3v) is 6.01. The zero-order chi connectivity index (χ0) is 18.1. The van der Waals surface area contributed by atoms with Crippen LogP contribution in [0.15, 0.2) is 35.7 Å². The van der Waals surface area contributed by atoms with E-state index in [1.807, 2.05) is 29.6 Å². The summed E-state index contributed by atoms with van der Waals surface area (Å²) in [5.74, 6) is -0.778. The number of carbonyl (C=O) groups is 1. The molecule has 0 amide bonds. The quantitative estimate of drug-likeness (QED) is 0.500. The molecule has 0 aliphatic rings. The van der Waals surface area contributed by atoms with Crippen LogP contribution in [0.5, 0.6) is 5.75 Å². The van der Waals surface area contributed by atoms with Crippen LogP contribution >= 0.6 is 46.1 Å². The first kappa shape index (κ1) is 18.3. The summed E-state index contributed by atoms with van der Waals surface area (Å²) in [6.45, 7) is 1.73. The average Bonchev–Trinajstić information content (AvgIpc) is 3.01. The number of thiophene rings is 1. The minimum absolute atomic E-state index is 0.221. The van der Waals surface area contributed by atoms with E-state index >= 15 is 0 Å². The van der Waals surface area contributed by atoms with Crippen molar-refractivity contribution in [2.45, 2.75) is 19.4 Å². The Morgan fingerprint density at radius 3 is 2.48 bits per heavy atom. The second-order valence-corrected chi connectivity index (χ2v) is 7.46. The molecule has 1 N–H and O–H groups in total. The lowest BCUT2D eigenvalue weighted by atomic mass is 10.0. The van der Waals surface area contributed by atoms with Crippen molar-refractivity contribution in [3.8, 4) is 16.9 Å². The summed E-state index contributed by atoms with van der Waals surface area (Å²) in [6.07, 6.45) is -0.668. The Bertz CT molecular complexity index is 935. The molecule has 0 aliphatic carbocycles. The third-order valence-electron chi connectivity index (χ3n) is 3.78. The van der Waals surface area contributed by atoms with Crippen LogP contribution in [-0.2, 0) is 4.79 Å². The zero-order valence-electron chi connectivity index (χ0n) is 13.1. The van der Waals surface area contributed by atoms with Crippen molar-refractivity contribution in [2.24, 2.45) is 0 Å². The summed E-state index contributed by atoms with van der Waals surface area (Å²) in [5, 5.41) is 13.3. The molecule has 3 nitrogen and oxygen atoms in total. The van der Waals surface area contributed by atoms with Crippen LogP contribution in [-0.4, -0.2) is 17.2 Å². The highest BCUT2D eigenvalue weighted by atomic mass is 35.5. The lowest BCUT2D eigenvalue weighted by Crippen LogP contribution is -2.26. The van der Waals surface area contributed by atoms with E-state index in [1.54, 1.807) is 13.0 Å². The van der Waals surface area contributed by atoms with Gasteiger partial charge in [-0.25, -0.2) is 4.79 Å². The van der Waals surface area contributed by atoms with Crippen LogP contribution in [0.1, 0.15) is 13.3 Å². The summed E-state index contributed by atoms with van der Waals surface area (Å²) < 4.78 is 6.42. The molecule has 3 rings (SSSR count). The molecule has 130 valence electrons. The van der Waals surface area contributed by atoms with Crippen molar-refractivity contribution < 1.29 is 14.6 Å². The molecule has 0 bridgehead atoms. The number of rotatable bonds is 5. The number of fused-ring (bicyclic) bond motifs is 1. The SMILES string of the molecule is CCC(Oc1cc2c(-c3ccc(Cl)cc3)csc2c(Cl)c1Cl)C(=O)O. The summed E-state index contributed by atoms with van der Waals surface area (Å²) >= 11 is 20.1. The first-order chi connectivity index (χ1) is 11.9. The molecule has 0 spiro atoms.